The Kier molecular flexibility index (Phi) is 4.21. The van der Waals surface area contributed by atoms with Crippen LogP contribution < -0.4 is 15.4 Å². The Morgan fingerprint density at radius 2 is 2.16 bits per heavy atom. The predicted molar refractivity (Wildman–Crippen MR) is 66.6 cm³/mol. The lowest BCUT2D eigenvalue weighted by atomic mass is 10.3. The van der Waals surface area contributed by atoms with Crippen molar-refractivity contribution < 1.29 is 18.7 Å². The van der Waals surface area contributed by atoms with Gasteiger partial charge in [-0.25, -0.2) is 9.18 Å². The van der Waals surface area contributed by atoms with Crippen molar-refractivity contribution in [2.75, 3.05) is 6.61 Å². The van der Waals surface area contributed by atoms with Crippen LogP contribution in [0.1, 0.15) is 12.8 Å². The Morgan fingerprint density at radius 1 is 1.42 bits per heavy atom. The van der Waals surface area contributed by atoms with E-state index in [2.05, 4.69) is 10.6 Å². The van der Waals surface area contributed by atoms with Crippen LogP contribution >= 0.6 is 11.6 Å². The molecule has 2 rings (SSSR count). The van der Waals surface area contributed by atoms with Crippen molar-refractivity contribution in [2.24, 2.45) is 0 Å². The number of amides is 3. The van der Waals surface area contributed by atoms with Gasteiger partial charge >= 0.3 is 6.03 Å². The molecule has 5 nitrogen and oxygen atoms in total. The second kappa shape index (κ2) is 5.88. The summed E-state index contributed by atoms with van der Waals surface area (Å²) in [7, 11) is 0. The van der Waals surface area contributed by atoms with Gasteiger partial charge in [-0.3, -0.25) is 10.1 Å². The molecule has 1 fully saturated rings. The number of halogens is 2. The highest BCUT2D eigenvalue weighted by atomic mass is 35.5. The predicted octanol–water partition coefficient (Wildman–Crippen LogP) is 1.85. The van der Waals surface area contributed by atoms with Crippen LogP contribution in [0, 0.1) is 5.82 Å². The van der Waals surface area contributed by atoms with E-state index in [1.54, 1.807) is 0 Å². The summed E-state index contributed by atoms with van der Waals surface area (Å²) >= 11 is 5.72. The van der Waals surface area contributed by atoms with Crippen molar-refractivity contribution >= 4 is 23.5 Å². The number of benzene rings is 1. The smallest absolute Gasteiger partial charge is 0.321 e. The van der Waals surface area contributed by atoms with Gasteiger partial charge in [0, 0.05) is 6.04 Å². The summed E-state index contributed by atoms with van der Waals surface area (Å²) in [6.45, 7) is -0.372. The lowest BCUT2D eigenvalue weighted by Gasteiger charge is -2.08. The lowest BCUT2D eigenvalue weighted by molar-refractivity contribution is -0.122. The van der Waals surface area contributed by atoms with Crippen molar-refractivity contribution in [3.05, 3.63) is 29.0 Å². The van der Waals surface area contributed by atoms with Crippen molar-refractivity contribution in [3.63, 3.8) is 0 Å². The maximum absolute atomic E-state index is 12.8. The first-order valence-electron chi connectivity index (χ1n) is 5.73. The first kappa shape index (κ1) is 13.6. The normalized spacial score (nSPS) is 13.8. The number of urea groups is 1. The molecule has 1 aromatic carbocycles. The number of nitrogens with one attached hydrogen (secondary N) is 2. The summed E-state index contributed by atoms with van der Waals surface area (Å²) < 4.78 is 17.9. The molecule has 3 amide bonds. The van der Waals surface area contributed by atoms with Crippen LogP contribution in [0.3, 0.4) is 0 Å². The Morgan fingerprint density at radius 3 is 2.79 bits per heavy atom. The molecule has 0 unspecified atom stereocenters. The van der Waals surface area contributed by atoms with E-state index in [1.807, 2.05) is 0 Å². The zero-order valence-electron chi connectivity index (χ0n) is 9.91. The number of ether oxygens (including phenoxy) is 1. The molecule has 0 saturated heterocycles. The maximum atomic E-state index is 12.8. The molecular formula is C12H12ClFN2O3. The van der Waals surface area contributed by atoms with Gasteiger partial charge < -0.3 is 10.1 Å². The van der Waals surface area contributed by atoms with Crippen molar-refractivity contribution in [3.8, 4) is 5.75 Å². The molecule has 2 N–H and O–H groups in total. The second-order valence-electron chi connectivity index (χ2n) is 4.16. The quantitative estimate of drug-likeness (QED) is 0.887. The fourth-order valence-electron chi connectivity index (χ4n) is 1.35. The Bertz CT molecular complexity index is 506. The van der Waals surface area contributed by atoms with E-state index in [1.165, 1.54) is 12.1 Å². The fraction of sp³-hybridized carbons (Fsp3) is 0.333. The van der Waals surface area contributed by atoms with Crippen molar-refractivity contribution in [2.45, 2.75) is 18.9 Å². The highest BCUT2D eigenvalue weighted by molar-refractivity contribution is 6.32. The van der Waals surface area contributed by atoms with Gasteiger partial charge in [0.2, 0.25) is 0 Å². The minimum atomic E-state index is -0.599. The van der Waals surface area contributed by atoms with Gasteiger partial charge in [0.1, 0.15) is 11.6 Å². The summed E-state index contributed by atoms with van der Waals surface area (Å²) in [6, 6.07) is 3.18. The SMILES string of the molecule is O=C(COc1ccc(F)cc1Cl)NC(=O)NC1CC1. The molecule has 0 heterocycles. The van der Waals surface area contributed by atoms with Gasteiger partial charge in [0.15, 0.2) is 6.61 Å². The number of carbonyl (C=O) groups is 2. The second-order valence-corrected chi connectivity index (χ2v) is 4.57. The third-order valence-corrected chi connectivity index (χ3v) is 2.71. The number of carbonyl (C=O) groups excluding carboxylic acids is 2. The zero-order valence-corrected chi connectivity index (χ0v) is 10.7. The van der Waals surface area contributed by atoms with Crippen molar-refractivity contribution in [1.82, 2.24) is 10.6 Å². The Labute approximate surface area is 114 Å². The van der Waals surface area contributed by atoms with Crippen LogP contribution in [0.5, 0.6) is 5.75 Å². The topological polar surface area (TPSA) is 67.4 Å². The first-order valence-corrected chi connectivity index (χ1v) is 6.10. The van der Waals surface area contributed by atoms with Gasteiger partial charge in [-0.2, -0.15) is 0 Å². The monoisotopic (exact) mass is 286 g/mol. The molecule has 1 aromatic rings. The van der Waals surface area contributed by atoms with E-state index < -0.39 is 17.8 Å². The van der Waals surface area contributed by atoms with Gasteiger partial charge in [-0.1, -0.05) is 11.6 Å². The van der Waals surface area contributed by atoms with Gasteiger partial charge in [0.25, 0.3) is 5.91 Å². The zero-order chi connectivity index (χ0) is 13.8. The van der Waals surface area contributed by atoms with Crippen molar-refractivity contribution in [1.29, 1.82) is 0 Å². The number of rotatable bonds is 4. The first-order chi connectivity index (χ1) is 9.04. The standard InChI is InChI=1S/C12H12ClFN2O3/c13-9-5-7(14)1-4-10(9)19-6-11(17)16-12(18)15-8-2-3-8/h1,4-5,8H,2-3,6H2,(H2,15,16,17,18). The molecule has 0 spiro atoms. The molecule has 0 aliphatic heterocycles. The van der Waals surface area contributed by atoms with Gasteiger partial charge in [0.05, 0.1) is 5.02 Å². The summed E-state index contributed by atoms with van der Waals surface area (Å²) in [5.41, 5.74) is 0. The highest BCUT2D eigenvalue weighted by Crippen LogP contribution is 2.24. The lowest BCUT2D eigenvalue weighted by Crippen LogP contribution is -2.42. The molecule has 1 aliphatic rings. The fourth-order valence-corrected chi connectivity index (χ4v) is 1.57. The molecule has 0 aromatic heterocycles. The van der Waals surface area contributed by atoms with E-state index in [4.69, 9.17) is 16.3 Å². The Balaban J connectivity index is 1.77. The molecular weight excluding hydrogens is 275 g/mol. The van der Waals surface area contributed by atoms with E-state index in [0.29, 0.717) is 0 Å². The number of imide groups is 1. The van der Waals surface area contributed by atoms with Crippen LogP contribution in [0.15, 0.2) is 18.2 Å². The molecule has 1 saturated carbocycles. The van der Waals surface area contributed by atoms with Gasteiger partial charge in [-0.05, 0) is 31.0 Å². The van der Waals surface area contributed by atoms with Crippen LogP contribution in [-0.4, -0.2) is 24.6 Å². The molecule has 0 atom stereocenters. The average molecular weight is 287 g/mol. The third-order valence-electron chi connectivity index (χ3n) is 2.42. The summed E-state index contributed by atoms with van der Waals surface area (Å²) in [5.74, 6) is -0.912. The Hall–Kier alpha value is -1.82. The third kappa shape index (κ3) is 4.40. The van der Waals surface area contributed by atoms with E-state index in [0.717, 1.165) is 18.9 Å². The van der Waals surface area contributed by atoms with E-state index in [-0.39, 0.29) is 23.4 Å². The molecule has 0 bridgehead atoms. The summed E-state index contributed by atoms with van der Waals surface area (Å²) in [5, 5.41) is 4.79. The van der Waals surface area contributed by atoms with E-state index >= 15 is 0 Å². The minimum absolute atomic E-state index is 0.0650. The van der Waals surface area contributed by atoms with E-state index in [9.17, 15) is 14.0 Å². The molecule has 0 radical (unpaired) electrons. The molecule has 102 valence electrons. The van der Waals surface area contributed by atoms with Crippen LogP contribution in [-0.2, 0) is 4.79 Å². The highest BCUT2D eigenvalue weighted by Gasteiger charge is 2.23. The number of hydrogen-bond acceptors (Lipinski definition) is 3. The summed E-state index contributed by atoms with van der Waals surface area (Å²) in [6.07, 6.45) is 1.87. The van der Waals surface area contributed by atoms with Crippen LogP contribution in [0.2, 0.25) is 5.02 Å². The van der Waals surface area contributed by atoms with Gasteiger partial charge in [-0.15, -0.1) is 0 Å². The minimum Gasteiger partial charge on any atom is -0.482 e. The molecule has 1 aliphatic carbocycles. The largest absolute Gasteiger partial charge is 0.482 e. The van der Waals surface area contributed by atoms with Crippen LogP contribution in [0.25, 0.3) is 0 Å². The van der Waals surface area contributed by atoms with Crippen LogP contribution in [0.4, 0.5) is 9.18 Å². The number of hydrogen-bond donors (Lipinski definition) is 2. The summed E-state index contributed by atoms with van der Waals surface area (Å²) in [4.78, 5) is 22.6. The molecule has 7 heteroatoms. The maximum Gasteiger partial charge on any atom is 0.321 e. The average Bonchev–Trinajstić information content (AvgIpc) is 3.11. The molecule has 19 heavy (non-hydrogen) atoms.